The van der Waals surface area contributed by atoms with Crippen LogP contribution in [0.25, 0.3) is 0 Å². The summed E-state index contributed by atoms with van der Waals surface area (Å²) in [5.74, 6) is 1.62. The van der Waals surface area contributed by atoms with E-state index in [1.807, 2.05) is 11.3 Å². The number of aromatic nitrogens is 1. The van der Waals surface area contributed by atoms with Crippen molar-refractivity contribution in [1.29, 1.82) is 0 Å². The molecule has 102 valence electrons. The monoisotopic (exact) mass is 266 g/mol. The lowest BCUT2D eigenvalue weighted by atomic mass is 9.83. The van der Waals surface area contributed by atoms with Crippen LogP contribution in [0.15, 0.2) is 0 Å². The van der Waals surface area contributed by atoms with Gasteiger partial charge in [-0.25, -0.2) is 4.98 Å². The molecule has 2 unspecified atom stereocenters. The van der Waals surface area contributed by atoms with Crippen LogP contribution in [-0.2, 0) is 13.0 Å². The Kier molecular flexibility index (Phi) is 5.19. The molecule has 0 amide bonds. The Labute approximate surface area is 115 Å². The third-order valence-electron chi connectivity index (χ3n) is 3.95. The Morgan fingerprint density at radius 2 is 2.17 bits per heavy atom. The Morgan fingerprint density at radius 3 is 2.83 bits per heavy atom. The largest absolute Gasteiger partial charge is 0.312 e. The molecule has 1 fully saturated rings. The van der Waals surface area contributed by atoms with Gasteiger partial charge in [0, 0.05) is 17.3 Å². The van der Waals surface area contributed by atoms with Gasteiger partial charge in [0.1, 0.15) is 0 Å². The van der Waals surface area contributed by atoms with Crippen molar-refractivity contribution in [3.05, 3.63) is 15.6 Å². The second kappa shape index (κ2) is 6.67. The summed E-state index contributed by atoms with van der Waals surface area (Å²) >= 11 is 1.96. The highest BCUT2D eigenvalue weighted by molar-refractivity contribution is 7.11. The molecule has 1 aromatic rings. The number of aryl methyl sites for hydroxylation is 1. The van der Waals surface area contributed by atoms with E-state index in [0.29, 0.717) is 0 Å². The normalized spacial score (nSPS) is 24.4. The average Bonchev–Trinajstić information content (AvgIpc) is 2.79. The number of hydrogen-bond donors (Lipinski definition) is 1. The summed E-state index contributed by atoms with van der Waals surface area (Å²) in [5, 5.41) is 4.84. The van der Waals surface area contributed by atoms with Crippen molar-refractivity contribution in [2.75, 3.05) is 6.54 Å². The molecule has 0 aliphatic heterocycles. The molecule has 1 saturated carbocycles. The van der Waals surface area contributed by atoms with E-state index in [4.69, 9.17) is 4.98 Å². The van der Waals surface area contributed by atoms with E-state index >= 15 is 0 Å². The van der Waals surface area contributed by atoms with Crippen LogP contribution in [0.5, 0.6) is 0 Å². The SMILES string of the molecule is CCNCc1sc(C2CCCC(C)C2)nc1CC. The average molecular weight is 266 g/mol. The first-order chi connectivity index (χ1) is 8.74. The van der Waals surface area contributed by atoms with Crippen molar-refractivity contribution in [3.8, 4) is 0 Å². The molecule has 3 heteroatoms. The zero-order valence-corrected chi connectivity index (χ0v) is 12.8. The van der Waals surface area contributed by atoms with Crippen molar-refractivity contribution in [2.45, 2.75) is 65.3 Å². The molecule has 1 heterocycles. The van der Waals surface area contributed by atoms with E-state index in [-0.39, 0.29) is 0 Å². The third kappa shape index (κ3) is 3.33. The van der Waals surface area contributed by atoms with Crippen LogP contribution >= 0.6 is 11.3 Å². The van der Waals surface area contributed by atoms with Gasteiger partial charge < -0.3 is 5.32 Å². The van der Waals surface area contributed by atoms with E-state index in [1.54, 1.807) is 0 Å². The lowest BCUT2D eigenvalue weighted by molar-refractivity contribution is 0.343. The summed E-state index contributed by atoms with van der Waals surface area (Å²) in [4.78, 5) is 6.38. The second-order valence-corrected chi connectivity index (χ2v) is 6.64. The number of hydrogen-bond acceptors (Lipinski definition) is 3. The van der Waals surface area contributed by atoms with Gasteiger partial charge in [0.2, 0.25) is 0 Å². The first-order valence-electron chi connectivity index (χ1n) is 7.43. The fourth-order valence-electron chi connectivity index (χ4n) is 2.89. The van der Waals surface area contributed by atoms with Crippen molar-refractivity contribution in [3.63, 3.8) is 0 Å². The molecule has 2 rings (SSSR count). The van der Waals surface area contributed by atoms with E-state index < -0.39 is 0 Å². The zero-order valence-electron chi connectivity index (χ0n) is 12.0. The minimum atomic E-state index is 0.736. The van der Waals surface area contributed by atoms with Gasteiger partial charge in [-0.15, -0.1) is 11.3 Å². The molecule has 18 heavy (non-hydrogen) atoms. The summed E-state index contributed by atoms with van der Waals surface area (Å²) in [7, 11) is 0. The summed E-state index contributed by atoms with van der Waals surface area (Å²) in [5.41, 5.74) is 1.33. The van der Waals surface area contributed by atoms with Crippen LogP contribution in [0, 0.1) is 5.92 Å². The number of nitrogens with zero attached hydrogens (tertiary/aromatic N) is 1. The van der Waals surface area contributed by atoms with Gasteiger partial charge in [-0.3, -0.25) is 0 Å². The van der Waals surface area contributed by atoms with Crippen LogP contribution in [0.1, 0.15) is 68.0 Å². The van der Waals surface area contributed by atoms with E-state index in [0.717, 1.165) is 31.3 Å². The maximum absolute atomic E-state index is 4.92. The summed E-state index contributed by atoms with van der Waals surface area (Å²) in [6.07, 6.45) is 6.56. The molecule has 0 radical (unpaired) electrons. The molecule has 0 aromatic carbocycles. The lowest BCUT2D eigenvalue weighted by Crippen LogP contribution is -2.11. The Balaban J connectivity index is 2.10. The van der Waals surface area contributed by atoms with Gasteiger partial charge in [-0.2, -0.15) is 0 Å². The predicted octanol–water partition coefficient (Wildman–Crippen LogP) is 4.11. The zero-order chi connectivity index (χ0) is 13.0. The first kappa shape index (κ1) is 14.0. The van der Waals surface area contributed by atoms with Crippen LogP contribution in [0.3, 0.4) is 0 Å². The highest BCUT2D eigenvalue weighted by atomic mass is 32.1. The van der Waals surface area contributed by atoms with Gasteiger partial charge in [0.15, 0.2) is 0 Å². The third-order valence-corrected chi connectivity index (χ3v) is 5.21. The molecule has 2 nitrogen and oxygen atoms in total. The second-order valence-electron chi connectivity index (χ2n) is 5.52. The number of thiazole rings is 1. The molecule has 2 atom stereocenters. The van der Waals surface area contributed by atoms with Gasteiger partial charge in [0.25, 0.3) is 0 Å². The van der Waals surface area contributed by atoms with Crippen LogP contribution in [-0.4, -0.2) is 11.5 Å². The minimum absolute atomic E-state index is 0.736. The molecule has 0 bridgehead atoms. The van der Waals surface area contributed by atoms with Crippen LogP contribution in [0.4, 0.5) is 0 Å². The van der Waals surface area contributed by atoms with Crippen molar-refractivity contribution in [2.24, 2.45) is 5.92 Å². The number of nitrogens with one attached hydrogen (secondary N) is 1. The predicted molar refractivity (Wildman–Crippen MR) is 79.2 cm³/mol. The highest BCUT2D eigenvalue weighted by Gasteiger charge is 2.24. The lowest BCUT2D eigenvalue weighted by Gasteiger charge is -2.24. The maximum atomic E-state index is 4.92. The fraction of sp³-hybridized carbons (Fsp3) is 0.800. The Morgan fingerprint density at radius 1 is 1.33 bits per heavy atom. The minimum Gasteiger partial charge on any atom is -0.312 e. The standard InChI is InChI=1S/C15H26N2S/c1-4-13-14(10-16-5-2)18-15(17-13)12-8-6-7-11(3)9-12/h11-12,16H,4-10H2,1-3H3. The molecule has 1 N–H and O–H groups in total. The van der Waals surface area contributed by atoms with Gasteiger partial charge in [-0.1, -0.05) is 33.6 Å². The molecule has 1 aromatic heterocycles. The van der Waals surface area contributed by atoms with Gasteiger partial charge >= 0.3 is 0 Å². The van der Waals surface area contributed by atoms with Crippen LogP contribution in [0.2, 0.25) is 0 Å². The molecule has 0 spiro atoms. The fourth-order valence-corrected chi connectivity index (χ4v) is 4.16. The number of rotatable bonds is 5. The molecular weight excluding hydrogens is 240 g/mol. The maximum Gasteiger partial charge on any atom is 0.0962 e. The molecule has 0 saturated heterocycles. The molecule has 1 aliphatic carbocycles. The van der Waals surface area contributed by atoms with Crippen molar-refractivity contribution >= 4 is 11.3 Å². The summed E-state index contributed by atoms with van der Waals surface area (Å²) in [6.45, 7) is 8.81. The van der Waals surface area contributed by atoms with E-state index in [2.05, 4.69) is 26.1 Å². The van der Waals surface area contributed by atoms with Gasteiger partial charge in [0.05, 0.1) is 10.7 Å². The molecule has 1 aliphatic rings. The Hall–Kier alpha value is -0.410. The quantitative estimate of drug-likeness (QED) is 0.867. The van der Waals surface area contributed by atoms with Crippen molar-refractivity contribution < 1.29 is 0 Å². The summed E-state index contributed by atoms with van der Waals surface area (Å²) in [6, 6.07) is 0. The van der Waals surface area contributed by atoms with Gasteiger partial charge in [-0.05, 0) is 31.7 Å². The highest BCUT2D eigenvalue weighted by Crippen LogP contribution is 2.38. The van der Waals surface area contributed by atoms with Crippen molar-refractivity contribution in [1.82, 2.24) is 10.3 Å². The smallest absolute Gasteiger partial charge is 0.0962 e. The van der Waals surface area contributed by atoms with Crippen LogP contribution < -0.4 is 5.32 Å². The van der Waals surface area contributed by atoms with E-state index in [9.17, 15) is 0 Å². The molecular formula is C15H26N2S. The van der Waals surface area contributed by atoms with E-state index in [1.165, 1.54) is 41.3 Å². The first-order valence-corrected chi connectivity index (χ1v) is 8.25. The Bertz CT molecular complexity index is 373. The topological polar surface area (TPSA) is 24.9 Å². The summed E-state index contributed by atoms with van der Waals surface area (Å²) < 4.78 is 0.